The molecule has 0 spiro atoms. The first-order valence-corrected chi connectivity index (χ1v) is 4.71. The molecule has 76 valence electrons. The molecule has 6 nitrogen and oxygen atoms in total. The van der Waals surface area contributed by atoms with Gasteiger partial charge >= 0.3 is 5.97 Å². The minimum Gasteiger partial charge on any atom is -0.478 e. The van der Waals surface area contributed by atoms with Crippen molar-refractivity contribution in [2.45, 2.75) is 0 Å². The van der Waals surface area contributed by atoms with Crippen LogP contribution in [0, 0.1) is 0 Å². The SMILES string of the molecule is O=C(O)c1cc(-n2cnnc2)ncc1Br. The summed E-state index contributed by atoms with van der Waals surface area (Å²) in [6.07, 6.45) is 4.32. The van der Waals surface area contributed by atoms with Crippen molar-refractivity contribution >= 4 is 21.9 Å². The number of carboxylic acids is 1. The minimum atomic E-state index is -1.02. The monoisotopic (exact) mass is 268 g/mol. The number of nitrogens with zero attached hydrogens (tertiary/aromatic N) is 4. The molecule has 2 heterocycles. The number of hydrogen-bond donors (Lipinski definition) is 1. The smallest absolute Gasteiger partial charge is 0.337 e. The van der Waals surface area contributed by atoms with Gasteiger partial charge in [-0.25, -0.2) is 9.78 Å². The molecule has 0 saturated heterocycles. The Balaban J connectivity index is 2.52. The van der Waals surface area contributed by atoms with E-state index < -0.39 is 5.97 Å². The second-order valence-corrected chi connectivity index (χ2v) is 3.55. The summed E-state index contributed by atoms with van der Waals surface area (Å²) in [5, 5.41) is 16.1. The van der Waals surface area contributed by atoms with Gasteiger partial charge in [0, 0.05) is 6.20 Å². The third-order valence-corrected chi connectivity index (χ3v) is 2.39. The Bertz CT molecular complexity index is 497. The molecule has 0 aliphatic heterocycles. The van der Waals surface area contributed by atoms with Crippen LogP contribution in [0.4, 0.5) is 0 Å². The first kappa shape index (κ1) is 9.78. The highest BCUT2D eigenvalue weighted by atomic mass is 79.9. The van der Waals surface area contributed by atoms with E-state index in [4.69, 9.17) is 5.11 Å². The molecule has 0 unspecified atom stereocenters. The fraction of sp³-hybridized carbons (Fsp3) is 0. The van der Waals surface area contributed by atoms with Crippen LogP contribution in [0.2, 0.25) is 0 Å². The van der Waals surface area contributed by atoms with E-state index in [1.807, 2.05) is 0 Å². The molecule has 2 aromatic heterocycles. The van der Waals surface area contributed by atoms with Gasteiger partial charge in [0.05, 0.1) is 10.0 Å². The maximum atomic E-state index is 10.8. The Hall–Kier alpha value is -1.76. The van der Waals surface area contributed by atoms with Crippen LogP contribution in [-0.2, 0) is 0 Å². The predicted octanol–water partition coefficient (Wildman–Crippen LogP) is 1.12. The van der Waals surface area contributed by atoms with Crippen LogP contribution in [0.1, 0.15) is 10.4 Å². The molecule has 0 atom stereocenters. The molecule has 0 aliphatic carbocycles. The lowest BCUT2D eigenvalue weighted by atomic mass is 10.2. The molecule has 7 heteroatoms. The lowest BCUT2D eigenvalue weighted by Gasteiger charge is -2.02. The van der Waals surface area contributed by atoms with Crippen molar-refractivity contribution in [1.29, 1.82) is 0 Å². The molecule has 0 aliphatic rings. The van der Waals surface area contributed by atoms with Crippen molar-refractivity contribution in [1.82, 2.24) is 19.7 Å². The number of aromatic nitrogens is 4. The molecule has 2 aromatic rings. The molecule has 15 heavy (non-hydrogen) atoms. The standard InChI is InChI=1S/C8H5BrN4O2/c9-6-2-10-7(1-5(6)8(14)15)13-3-11-12-4-13/h1-4H,(H,14,15). The summed E-state index contributed by atoms with van der Waals surface area (Å²) in [5.74, 6) is -0.556. The lowest BCUT2D eigenvalue weighted by Crippen LogP contribution is -2.02. The predicted molar refractivity (Wildman–Crippen MR) is 53.8 cm³/mol. The van der Waals surface area contributed by atoms with Gasteiger partial charge in [0.2, 0.25) is 0 Å². The van der Waals surface area contributed by atoms with Gasteiger partial charge in [-0.1, -0.05) is 0 Å². The van der Waals surface area contributed by atoms with Gasteiger partial charge in [-0.3, -0.25) is 4.57 Å². The second-order valence-electron chi connectivity index (χ2n) is 2.70. The lowest BCUT2D eigenvalue weighted by molar-refractivity contribution is 0.0695. The zero-order chi connectivity index (χ0) is 10.8. The summed E-state index contributed by atoms with van der Waals surface area (Å²) in [6, 6.07) is 1.44. The van der Waals surface area contributed by atoms with E-state index in [-0.39, 0.29) is 5.56 Å². The summed E-state index contributed by atoms with van der Waals surface area (Å²) in [7, 11) is 0. The summed E-state index contributed by atoms with van der Waals surface area (Å²) in [4.78, 5) is 14.9. The van der Waals surface area contributed by atoms with Crippen LogP contribution in [0.3, 0.4) is 0 Å². The van der Waals surface area contributed by atoms with E-state index in [2.05, 4.69) is 31.1 Å². The molecule has 0 amide bonds. The van der Waals surface area contributed by atoms with E-state index in [9.17, 15) is 4.79 Å². The summed E-state index contributed by atoms with van der Waals surface area (Å²) in [6.45, 7) is 0. The summed E-state index contributed by atoms with van der Waals surface area (Å²) < 4.78 is 1.96. The van der Waals surface area contributed by atoms with Gasteiger partial charge in [0.15, 0.2) is 0 Å². The van der Waals surface area contributed by atoms with Crippen LogP contribution >= 0.6 is 15.9 Å². The first-order valence-electron chi connectivity index (χ1n) is 3.92. The number of carboxylic acid groups (broad SMARTS) is 1. The third-order valence-electron chi connectivity index (χ3n) is 1.75. The van der Waals surface area contributed by atoms with Crippen LogP contribution in [0.5, 0.6) is 0 Å². The number of aromatic carboxylic acids is 1. The molecule has 0 fully saturated rings. The average molecular weight is 269 g/mol. The quantitative estimate of drug-likeness (QED) is 0.883. The largest absolute Gasteiger partial charge is 0.478 e. The van der Waals surface area contributed by atoms with E-state index in [1.165, 1.54) is 29.5 Å². The Morgan fingerprint density at radius 3 is 2.67 bits per heavy atom. The van der Waals surface area contributed by atoms with E-state index in [0.29, 0.717) is 10.3 Å². The van der Waals surface area contributed by atoms with Gasteiger partial charge in [-0.15, -0.1) is 10.2 Å². The molecule has 0 bridgehead atoms. The second kappa shape index (κ2) is 3.77. The van der Waals surface area contributed by atoms with E-state index >= 15 is 0 Å². The van der Waals surface area contributed by atoms with Crippen molar-refractivity contribution in [3.8, 4) is 5.82 Å². The van der Waals surface area contributed by atoms with Crippen LogP contribution < -0.4 is 0 Å². The number of pyridine rings is 1. The summed E-state index contributed by atoms with van der Waals surface area (Å²) in [5.41, 5.74) is 0.147. The molecular weight excluding hydrogens is 264 g/mol. The molecule has 1 N–H and O–H groups in total. The van der Waals surface area contributed by atoms with Crippen molar-refractivity contribution < 1.29 is 9.90 Å². The number of rotatable bonds is 2. The highest BCUT2D eigenvalue weighted by molar-refractivity contribution is 9.10. The van der Waals surface area contributed by atoms with E-state index in [0.717, 1.165) is 0 Å². The van der Waals surface area contributed by atoms with Crippen molar-refractivity contribution in [2.75, 3.05) is 0 Å². The van der Waals surface area contributed by atoms with Gasteiger partial charge in [-0.2, -0.15) is 0 Å². The molecule has 0 saturated carbocycles. The summed E-state index contributed by atoms with van der Waals surface area (Å²) >= 11 is 3.11. The van der Waals surface area contributed by atoms with E-state index in [1.54, 1.807) is 0 Å². The highest BCUT2D eigenvalue weighted by Crippen LogP contribution is 2.17. The van der Waals surface area contributed by atoms with Gasteiger partial charge in [0.25, 0.3) is 0 Å². The van der Waals surface area contributed by atoms with Gasteiger partial charge in [0.1, 0.15) is 18.5 Å². The molecule has 0 radical (unpaired) electrons. The maximum absolute atomic E-state index is 10.8. The Morgan fingerprint density at radius 2 is 2.07 bits per heavy atom. The first-order chi connectivity index (χ1) is 7.18. The Labute approximate surface area is 92.7 Å². The fourth-order valence-corrected chi connectivity index (χ4v) is 1.44. The number of halogens is 1. The van der Waals surface area contributed by atoms with Crippen molar-refractivity contribution in [2.24, 2.45) is 0 Å². The Morgan fingerprint density at radius 1 is 1.40 bits per heavy atom. The van der Waals surface area contributed by atoms with Gasteiger partial charge < -0.3 is 5.11 Å². The van der Waals surface area contributed by atoms with Gasteiger partial charge in [-0.05, 0) is 22.0 Å². The van der Waals surface area contributed by atoms with Crippen LogP contribution in [0.25, 0.3) is 5.82 Å². The topological polar surface area (TPSA) is 80.9 Å². The molecular formula is C8H5BrN4O2. The fourth-order valence-electron chi connectivity index (χ4n) is 1.05. The maximum Gasteiger partial charge on any atom is 0.337 e. The zero-order valence-corrected chi connectivity index (χ0v) is 8.92. The average Bonchev–Trinajstić information content (AvgIpc) is 2.71. The number of hydrogen-bond acceptors (Lipinski definition) is 4. The highest BCUT2D eigenvalue weighted by Gasteiger charge is 2.10. The third kappa shape index (κ3) is 1.86. The Kier molecular flexibility index (Phi) is 2.46. The van der Waals surface area contributed by atoms with Crippen molar-refractivity contribution in [3.63, 3.8) is 0 Å². The normalized spacial score (nSPS) is 10.2. The molecule has 0 aromatic carbocycles. The molecule has 2 rings (SSSR count). The van der Waals surface area contributed by atoms with Crippen molar-refractivity contribution in [3.05, 3.63) is 35.0 Å². The number of carbonyl (C=O) groups is 1. The van der Waals surface area contributed by atoms with Crippen LogP contribution in [-0.4, -0.2) is 30.8 Å². The van der Waals surface area contributed by atoms with Crippen LogP contribution in [0.15, 0.2) is 29.4 Å². The minimum absolute atomic E-state index is 0.147. The zero-order valence-electron chi connectivity index (χ0n) is 7.33.